The van der Waals surface area contributed by atoms with Crippen molar-refractivity contribution >= 4 is 55.4 Å². The average molecular weight is 483 g/mol. The van der Waals surface area contributed by atoms with Crippen LogP contribution in [0.4, 0.5) is 5.82 Å². The van der Waals surface area contributed by atoms with Crippen molar-refractivity contribution in [1.29, 1.82) is 0 Å². The summed E-state index contributed by atoms with van der Waals surface area (Å²) >= 11 is 9.85. The third-order valence-corrected chi connectivity index (χ3v) is 5.55. The van der Waals surface area contributed by atoms with Crippen molar-refractivity contribution in [1.82, 2.24) is 29.1 Å². The Balaban J connectivity index is 1.79. The van der Waals surface area contributed by atoms with Gasteiger partial charge in [0, 0.05) is 4.47 Å². The fourth-order valence-electron chi connectivity index (χ4n) is 3.36. The van der Waals surface area contributed by atoms with Gasteiger partial charge in [0.2, 0.25) is 0 Å². The highest BCUT2D eigenvalue weighted by Crippen LogP contribution is 2.23. The van der Waals surface area contributed by atoms with Crippen LogP contribution in [0.2, 0.25) is 5.02 Å². The number of benzene rings is 2. The van der Waals surface area contributed by atoms with Crippen LogP contribution in [-0.2, 0) is 6.54 Å². The van der Waals surface area contributed by atoms with Gasteiger partial charge in [-0.2, -0.15) is 0 Å². The number of fused-ring (bicyclic) bond motifs is 2. The molecule has 30 heavy (non-hydrogen) atoms. The molecule has 148 valence electrons. The smallest absolute Gasteiger partial charge is 0.266 e. The average Bonchev–Trinajstić information content (AvgIpc) is 3.14. The number of rotatable bonds is 3. The summed E-state index contributed by atoms with van der Waals surface area (Å²) in [5.74, 6) is 0.776. The molecule has 3 heterocycles. The molecule has 0 radical (unpaired) electrons. The van der Waals surface area contributed by atoms with Crippen molar-refractivity contribution in [2.75, 3.05) is 5.73 Å². The number of hydrogen-bond donors (Lipinski definition) is 1. The Labute approximate surface area is 183 Å². The molecule has 0 unspecified atom stereocenters. The normalized spacial score (nSPS) is 11.4. The van der Waals surface area contributed by atoms with Crippen molar-refractivity contribution in [3.63, 3.8) is 0 Å². The molecular weight excluding hydrogens is 470 g/mol. The molecule has 2 N–H and O–H groups in total. The zero-order chi connectivity index (χ0) is 20.8. The van der Waals surface area contributed by atoms with Gasteiger partial charge in [-0.25, -0.2) is 19.9 Å². The van der Waals surface area contributed by atoms with Crippen LogP contribution in [0.25, 0.3) is 27.8 Å². The van der Waals surface area contributed by atoms with E-state index in [0.717, 1.165) is 4.47 Å². The lowest BCUT2D eigenvalue weighted by atomic mass is 10.2. The van der Waals surface area contributed by atoms with Crippen LogP contribution >= 0.6 is 27.5 Å². The van der Waals surface area contributed by atoms with Gasteiger partial charge in [0.05, 0.1) is 34.5 Å². The monoisotopic (exact) mass is 481 g/mol. The summed E-state index contributed by atoms with van der Waals surface area (Å²) in [6, 6.07) is 12.5. The quantitative estimate of drug-likeness (QED) is 0.421. The van der Waals surface area contributed by atoms with Crippen molar-refractivity contribution in [3.05, 3.63) is 80.8 Å². The van der Waals surface area contributed by atoms with Gasteiger partial charge in [0.15, 0.2) is 11.5 Å². The molecule has 0 atom stereocenters. The number of halogens is 2. The molecule has 0 amide bonds. The standard InChI is InChI=1S/C20H13BrClN7O/c21-11-5-6-14-12(7-11)20(30)29(15-4-2-1-3-13(15)22)16(27-14)8-28-10-26-17-18(23)24-9-25-19(17)28/h1-7,9-10H,8H2,(H2,23,24,25). The third-order valence-electron chi connectivity index (χ3n) is 4.73. The predicted octanol–water partition coefficient (Wildman–Crippen LogP) is 3.57. The lowest BCUT2D eigenvalue weighted by Gasteiger charge is -2.15. The van der Waals surface area contributed by atoms with Gasteiger partial charge in [-0.15, -0.1) is 0 Å². The number of anilines is 1. The Morgan fingerprint density at radius 1 is 1.10 bits per heavy atom. The SMILES string of the molecule is Nc1ncnc2c1ncn2Cc1nc2ccc(Br)cc2c(=O)n1-c1ccccc1Cl. The van der Waals surface area contributed by atoms with E-state index in [2.05, 4.69) is 30.9 Å². The molecule has 0 aliphatic carbocycles. The lowest BCUT2D eigenvalue weighted by Crippen LogP contribution is -2.25. The molecule has 2 aromatic carbocycles. The van der Waals surface area contributed by atoms with Gasteiger partial charge >= 0.3 is 0 Å². The summed E-state index contributed by atoms with van der Waals surface area (Å²) in [6.45, 7) is 0.236. The Morgan fingerprint density at radius 3 is 2.77 bits per heavy atom. The summed E-state index contributed by atoms with van der Waals surface area (Å²) in [5.41, 5.74) is 7.86. The van der Waals surface area contributed by atoms with E-state index in [9.17, 15) is 4.79 Å². The van der Waals surface area contributed by atoms with Gasteiger partial charge in [0.25, 0.3) is 5.56 Å². The molecule has 0 spiro atoms. The van der Waals surface area contributed by atoms with Crippen LogP contribution in [0, 0.1) is 0 Å². The lowest BCUT2D eigenvalue weighted by molar-refractivity contribution is 0.718. The van der Waals surface area contributed by atoms with E-state index in [1.165, 1.54) is 10.9 Å². The van der Waals surface area contributed by atoms with E-state index >= 15 is 0 Å². The highest BCUT2D eigenvalue weighted by Gasteiger charge is 2.17. The highest BCUT2D eigenvalue weighted by atomic mass is 79.9. The van der Waals surface area contributed by atoms with E-state index in [0.29, 0.717) is 44.4 Å². The van der Waals surface area contributed by atoms with E-state index in [1.807, 2.05) is 18.2 Å². The number of nitrogens with two attached hydrogens (primary N) is 1. The molecular formula is C20H13BrClN7O. The minimum Gasteiger partial charge on any atom is -0.382 e. The second kappa shape index (κ2) is 7.19. The van der Waals surface area contributed by atoms with Crippen molar-refractivity contribution in [3.8, 4) is 5.69 Å². The number of aromatic nitrogens is 6. The Morgan fingerprint density at radius 2 is 1.93 bits per heavy atom. The molecule has 0 fully saturated rings. The molecule has 8 nitrogen and oxygen atoms in total. The number of nitrogens with zero attached hydrogens (tertiary/aromatic N) is 6. The largest absolute Gasteiger partial charge is 0.382 e. The molecule has 0 aliphatic heterocycles. The summed E-state index contributed by atoms with van der Waals surface area (Å²) < 4.78 is 4.08. The van der Waals surface area contributed by atoms with Crippen LogP contribution in [-0.4, -0.2) is 29.1 Å². The maximum atomic E-state index is 13.5. The second-order valence-corrected chi connectivity index (χ2v) is 7.91. The first-order valence-corrected chi connectivity index (χ1v) is 10.1. The number of nitrogen functional groups attached to an aromatic ring is 1. The molecule has 5 aromatic rings. The molecule has 0 aliphatic rings. The number of imidazole rings is 1. The highest BCUT2D eigenvalue weighted by molar-refractivity contribution is 9.10. The second-order valence-electron chi connectivity index (χ2n) is 6.59. The summed E-state index contributed by atoms with van der Waals surface area (Å²) in [6.07, 6.45) is 2.98. The fraction of sp³-hybridized carbons (Fsp3) is 0.0500. The first kappa shape index (κ1) is 18.7. The Bertz CT molecular complexity index is 1490. The van der Waals surface area contributed by atoms with Crippen molar-refractivity contribution in [2.24, 2.45) is 0 Å². The van der Waals surface area contributed by atoms with E-state index < -0.39 is 0 Å². The molecule has 10 heteroatoms. The summed E-state index contributed by atoms with van der Waals surface area (Å²) in [5, 5.41) is 0.925. The Kier molecular flexibility index (Phi) is 4.48. The zero-order valence-corrected chi connectivity index (χ0v) is 17.7. The third kappa shape index (κ3) is 3.03. The topological polar surface area (TPSA) is 105 Å². The van der Waals surface area contributed by atoms with Crippen LogP contribution in [0.5, 0.6) is 0 Å². The summed E-state index contributed by atoms with van der Waals surface area (Å²) in [7, 11) is 0. The van der Waals surface area contributed by atoms with Crippen molar-refractivity contribution < 1.29 is 0 Å². The maximum absolute atomic E-state index is 13.5. The van der Waals surface area contributed by atoms with Gasteiger partial charge < -0.3 is 10.3 Å². The van der Waals surface area contributed by atoms with E-state index in [1.54, 1.807) is 35.2 Å². The number of para-hydroxylation sites is 1. The molecule has 0 saturated carbocycles. The van der Waals surface area contributed by atoms with E-state index in [4.69, 9.17) is 22.3 Å². The zero-order valence-electron chi connectivity index (χ0n) is 15.3. The van der Waals surface area contributed by atoms with E-state index in [-0.39, 0.29) is 12.1 Å². The molecule has 3 aromatic heterocycles. The van der Waals surface area contributed by atoms with Gasteiger partial charge in [-0.3, -0.25) is 9.36 Å². The predicted molar refractivity (Wildman–Crippen MR) is 119 cm³/mol. The molecule has 0 saturated heterocycles. The molecule has 0 bridgehead atoms. The van der Waals surface area contributed by atoms with Crippen LogP contribution in [0.1, 0.15) is 5.82 Å². The Hall–Kier alpha value is -3.30. The van der Waals surface area contributed by atoms with Crippen LogP contribution in [0.3, 0.4) is 0 Å². The van der Waals surface area contributed by atoms with Gasteiger partial charge in [-0.05, 0) is 30.3 Å². The van der Waals surface area contributed by atoms with Gasteiger partial charge in [0.1, 0.15) is 17.7 Å². The fourth-order valence-corrected chi connectivity index (χ4v) is 3.94. The van der Waals surface area contributed by atoms with Crippen LogP contribution < -0.4 is 11.3 Å². The minimum atomic E-state index is -0.219. The summed E-state index contributed by atoms with van der Waals surface area (Å²) in [4.78, 5) is 30.8. The minimum absolute atomic E-state index is 0.219. The first-order valence-electron chi connectivity index (χ1n) is 8.90. The number of hydrogen-bond acceptors (Lipinski definition) is 6. The van der Waals surface area contributed by atoms with Gasteiger partial charge in [-0.1, -0.05) is 39.7 Å². The van der Waals surface area contributed by atoms with Crippen molar-refractivity contribution in [2.45, 2.75) is 6.54 Å². The molecule has 5 rings (SSSR count). The first-order chi connectivity index (χ1) is 14.5. The maximum Gasteiger partial charge on any atom is 0.266 e. The van der Waals surface area contributed by atoms with Crippen LogP contribution in [0.15, 0.2) is 64.4 Å².